The van der Waals surface area contributed by atoms with Gasteiger partial charge in [-0.25, -0.2) is 4.39 Å². The molecule has 0 fully saturated rings. The fourth-order valence-corrected chi connectivity index (χ4v) is 1.69. The van der Waals surface area contributed by atoms with Crippen molar-refractivity contribution in [2.45, 2.75) is 4.83 Å². The van der Waals surface area contributed by atoms with Gasteiger partial charge < -0.3 is 10.1 Å². The zero-order valence-corrected chi connectivity index (χ0v) is 11.8. The van der Waals surface area contributed by atoms with E-state index in [1.807, 2.05) is 0 Å². The minimum atomic E-state index is -0.857. The number of halogens is 2. The van der Waals surface area contributed by atoms with E-state index >= 15 is 0 Å². The zero-order valence-electron chi connectivity index (χ0n) is 10.3. The predicted octanol–water partition coefficient (Wildman–Crippen LogP) is 1.40. The molecule has 1 aromatic carbocycles. The molecule has 1 rings (SSSR count). The molecule has 7 nitrogen and oxygen atoms in total. The molecule has 1 unspecified atom stereocenters. The van der Waals surface area contributed by atoms with Gasteiger partial charge in [-0.15, -0.1) is 0 Å². The van der Waals surface area contributed by atoms with Gasteiger partial charge >= 0.3 is 5.97 Å². The quantitative estimate of drug-likeness (QED) is 0.375. The van der Waals surface area contributed by atoms with E-state index in [1.165, 1.54) is 7.11 Å². The fourth-order valence-electron chi connectivity index (χ4n) is 1.34. The number of hydrogen-bond donors (Lipinski definition) is 1. The van der Waals surface area contributed by atoms with E-state index < -0.39 is 33.1 Å². The second-order valence-corrected chi connectivity index (χ2v) is 4.72. The molecule has 0 radical (unpaired) electrons. The maximum Gasteiger partial charge on any atom is 0.321 e. The van der Waals surface area contributed by atoms with E-state index in [2.05, 4.69) is 26.0 Å². The van der Waals surface area contributed by atoms with E-state index in [4.69, 9.17) is 0 Å². The molecule has 1 aromatic rings. The van der Waals surface area contributed by atoms with Gasteiger partial charge in [0.1, 0.15) is 16.2 Å². The van der Waals surface area contributed by atoms with Crippen LogP contribution in [0.5, 0.6) is 0 Å². The number of nitrogens with one attached hydrogen (secondary N) is 1. The number of hydrogen-bond acceptors (Lipinski definition) is 5. The minimum absolute atomic E-state index is 0.125. The Bertz CT molecular complexity index is 552. The molecule has 0 saturated carbocycles. The third-order valence-electron chi connectivity index (χ3n) is 2.30. The number of amides is 1. The van der Waals surface area contributed by atoms with Crippen LogP contribution in [0.2, 0.25) is 0 Å². The molecule has 20 heavy (non-hydrogen) atoms. The number of carbonyl (C=O) groups is 2. The number of methoxy groups -OCH3 is 1. The van der Waals surface area contributed by atoms with Crippen LogP contribution in [0, 0.1) is 15.9 Å². The summed E-state index contributed by atoms with van der Waals surface area (Å²) < 4.78 is 17.4. The molecule has 1 amide bonds. The first-order valence-electron chi connectivity index (χ1n) is 5.31. The Balaban J connectivity index is 2.83. The lowest BCUT2D eigenvalue weighted by Gasteiger charge is -2.09. The summed E-state index contributed by atoms with van der Waals surface area (Å²) in [6.07, 6.45) is 0. The maximum absolute atomic E-state index is 12.9. The Morgan fingerprint density at radius 2 is 2.20 bits per heavy atom. The van der Waals surface area contributed by atoms with E-state index in [1.54, 1.807) is 0 Å². The Labute approximate surface area is 121 Å². The average molecular weight is 349 g/mol. The Kier molecular flexibility index (Phi) is 5.56. The summed E-state index contributed by atoms with van der Waals surface area (Å²) in [6, 6.07) is 2.60. The number of alkyl halides is 1. The van der Waals surface area contributed by atoms with Crippen LogP contribution >= 0.6 is 15.9 Å². The van der Waals surface area contributed by atoms with Crippen molar-refractivity contribution in [2.75, 3.05) is 13.7 Å². The van der Waals surface area contributed by atoms with E-state index in [-0.39, 0.29) is 12.1 Å². The van der Waals surface area contributed by atoms with Gasteiger partial charge in [-0.3, -0.25) is 19.7 Å². The molecular weight excluding hydrogens is 339 g/mol. The highest BCUT2D eigenvalue weighted by Crippen LogP contribution is 2.19. The van der Waals surface area contributed by atoms with Crippen LogP contribution in [0.25, 0.3) is 0 Å². The molecule has 0 bridgehead atoms. The molecule has 1 atom stereocenters. The van der Waals surface area contributed by atoms with Crippen molar-refractivity contribution in [1.82, 2.24) is 5.32 Å². The van der Waals surface area contributed by atoms with Gasteiger partial charge in [-0.1, -0.05) is 15.9 Å². The number of carbonyl (C=O) groups excluding carboxylic acids is 2. The predicted molar refractivity (Wildman–Crippen MR) is 70.1 cm³/mol. The molecule has 0 aliphatic rings. The first-order chi connectivity index (χ1) is 9.36. The number of rotatable bonds is 5. The lowest BCUT2D eigenvalue weighted by atomic mass is 10.1. The molecule has 108 valence electrons. The monoisotopic (exact) mass is 348 g/mol. The number of ether oxygens (including phenoxy) is 1. The SMILES string of the molecule is COC(=O)C(Br)CNC(=O)c1ccc(F)cc1[N+](=O)[O-]. The van der Waals surface area contributed by atoms with Crippen LogP contribution in [-0.4, -0.2) is 35.3 Å². The van der Waals surface area contributed by atoms with Crippen LogP contribution < -0.4 is 5.32 Å². The number of nitro groups is 1. The smallest absolute Gasteiger partial charge is 0.321 e. The van der Waals surface area contributed by atoms with Crippen LogP contribution in [0.4, 0.5) is 10.1 Å². The molecule has 0 aliphatic carbocycles. The van der Waals surface area contributed by atoms with Crippen LogP contribution in [-0.2, 0) is 9.53 Å². The van der Waals surface area contributed by atoms with Crippen molar-refractivity contribution in [1.29, 1.82) is 0 Å². The number of nitro benzene ring substituents is 1. The molecule has 9 heteroatoms. The van der Waals surface area contributed by atoms with Crippen LogP contribution in [0.1, 0.15) is 10.4 Å². The summed E-state index contributed by atoms with van der Waals surface area (Å²) in [5.41, 5.74) is -0.937. The Morgan fingerprint density at radius 1 is 1.55 bits per heavy atom. The summed E-state index contributed by atoms with van der Waals surface area (Å²) in [5, 5.41) is 13.1. The number of benzene rings is 1. The van der Waals surface area contributed by atoms with Crippen molar-refractivity contribution in [3.05, 3.63) is 39.7 Å². The van der Waals surface area contributed by atoms with E-state index in [0.717, 1.165) is 12.1 Å². The van der Waals surface area contributed by atoms with E-state index in [0.29, 0.717) is 6.07 Å². The van der Waals surface area contributed by atoms with Gasteiger partial charge in [0.2, 0.25) is 0 Å². The van der Waals surface area contributed by atoms with Gasteiger partial charge in [-0.05, 0) is 12.1 Å². The van der Waals surface area contributed by atoms with Gasteiger partial charge in [0.25, 0.3) is 11.6 Å². The third kappa shape index (κ3) is 3.98. The highest BCUT2D eigenvalue weighted by atomic mass is 79.9. The van der Waals surface area contributed by atoms with Crippen molar-refractivity contribution in [2.24, 2.45) is 0 Å². The lowest BCUT2D eigenvalue weighted by Crippen LogP contribution is -2.34. The largest absolute Gasteiger partial charge is 0.468 e. The Hall–Kier alpha value is -2.03. The molecule has 0 saturated heterocycles. The van der Waals surface area contributed by atoms with E-state index in [9.17, 15) is 24.1 Å². The summed E-state index contributed by atoms with van der Waals surface area (Å²) in [6.45, 7) is -0.125. The van der Waals surface area contributed by atoms with Crippen molar-refractivity contribution < 1.29 is 23.6 Å². The first kappa shape index (κ1) is 16.0. The zero-order chi connectivity index (χ0) is 15.3. The summed E-state index contributed by atoms with van der Waals surface area (Å²) in [5.74, 6) is -2.20. The molecule has 0 aliphatic heterocycles. The summed E-state index contributed by atoms with van der Waals surface area (Å²) in [4.78, 5) is 32.0. The van der Waals surface area contributed by atoms with Gasteiger partial charge in [0.15, 0.2) is 0 Å². The van der Waals surface area contributed by atoms with Gasteiger partial charge in [0, 0.05) is 6.54 Å². The average Bonchev–Trinajstić information content (AvgIpc) is 2.43. The second-order valence-electron chi connectivity index (χ2n) is 3.62. The second kappa shape index (κ2) is 6.94. The molecule has 1 N–H and O–H groups in total. The van der Waals surface area contributed by atoms with Gasteiger partial charge in [0.05, 0.1) is 18.1 Å². The number of esters is 1. The topological polar surface area (TPSA) is 98.5 Å². The first-order valence-corrected chi connectivity index (χ1v) is 6.22. The Morgan fingerprint density at radius 3 is 2.75 bits per heavy atom. The van der Waals surface area contributed by atoms with Crippen molar-refractivity contribution in [3.63, 3.8) is 0 Å². The number of nitrogens with zero attached hydrogens (tertiary/aromatic N) is 1. The minimum Gasteiger partial charge on any atom is -0.468 e. The highest BCUT2D eigenvalue weighted by Gasteiger charge is 2.22. The standard InChI is InChI=1S/C11H10BrFN2O5/c1-20-11(17)8(12)5-14-10(16)7-3-2-6(13)4-9(7)15(18)19/h2-4,8H,5H2,1H3,(H,14,16). The summed E-state index contributed by atoms with van der Waals surface area (Å²) in [7, 11) is 1.18. The maximum atomic E-state index is 12.9. The molecule has 0 spiro atoms. The fraction of sp³-hybridized carbons (Fsp3) is 0.273. The highest BCUT2D eigenvalue weighted by molar-refractivity contribution is 9.10. The van der Waals surface area contributed by atoms with Crippen LogP contribution in [0.3, 0.4) is 0 Å². The van der Waals surface area contributed by atoms with Gasteiger partial charge in [-0.2, -0.15) is 0 Å². The van der Waals surface area contributed by atoms with Crippen molar-refractivity contribution in [3.8, 4) is 0 Å². The van der Waals surface area contributed by atoms with Crippen LogP contribution in [0.15, 0.2) is 18.2 Å². The molecule has 0 heterocycles. The third-order valence-corrected chi connectivity index (χ3v) is 3.00. The molecule has 0 aromatic heterocycles. The normalized spacial score (nSPS) is 11.6. The molecular formula is C11H10BrFN2O5. The lowest BCUT2D eigenvalue weighted by molar-refractivity contribution is -0.385. The van der Waals surface area contributed by atoms with Crippen molar-refractivity contribution >= 4 is 33.5 Å². The summed E-state index contributed by atoms with van der Waals surface area (Å²) >= 11 is 2.98.